The SMILES string of the molecule is Clc1cccc2c3c(ccc12)OC(c1ccccc1)N3. The lowest BCUT2D eigenvalue weighted by atomic mass is 10.1. The van der Waals surface area contributed by atoms with E-state index in [4.69, 9.17) is 16.3 Å². The summed E-state index contributed by atoms with van der Waals surface area (Å²) >= 11 is 6.24. The average molecular weight is 282 g/mol. The van der Waals surface area contributed by atoms with Crippen LogP contribution < -0.4 is 10.1 Å². The van der Waals surface area contributed by atoms with E-state index in [1.165, 1.54) is 0 Å². The summed E-state index contributed by atoms with van der Waals surface area (Å²) in [6.07, 6.45) is -0.143. The zero-order chi connectivity index (χ0) is 13.5. The molecule has 0 bridgehead atoms. The van der Waals surface area contributed by atoms with Gasteiger partial charge in [-0.15, -0.1) is 0 Å². The van der Waals surface area contributed by atoms with Crippen LogP contribution in [0.1, 0.15) is 11.8 Å². The number of hydrogen-bond donors (Lipinski definition) is 1. The van der Waals surface area contributed by atoms with Gasteiger partial charge in [-0.05, 0) is 18.2 Å². The standard InChI is InChI=1S/C17H12ClNO/c18-14-8-4-7-13-12(14)9-10-15-16(13)19-17(20-15)11-5-2-1-3-6-11/h1-10,17,19H. The van der Waals surface area contributed by atoms with Crippen molar-refractivity contribution in [2.75, 3.05) is 5.32 Å². The Labute approximate surface area is 121 Å². The third-order valence-electron chi connectivity index (χ3n) is 3.59. The van der Waals surface area contributed by atoms with Crippen LogP contribution in [0.4, 0.5) is 5.69 Å². The number of hydrogen-bond acceptors (Lipinski definition) is 2. The topological polar surface area (TPSA) is 21.3 Å². The molecular weight excluding hydrogens is 270 g/mol. The molecule has 20 heavy (non-hydrogen) atoms. The first-order valence-corrected chi connectivity index (χ1v) is 6.90. The summed E-state index contributed by atoms with van der Waals surface area (Å²) in [6, 6.07) is 20.0. The molecule has 1 aliphatic heterocycles. The van der Waals surface area contributed by atoms with Crippen molar-refractivity contribution in [3.05, 3.63) is 71.2 Å². The van der Waals surface area contributed by atoms with Gasteiger partial charge in [0.05, 0.1) is 5.69 Å². The summed E-state index contributed by atoms with van der Waals surface area (Å²) in [6.45, 7) is 0. The molecule has 0 fully saturated rings. The number of nitrogens with one attached hydrogen (secondary N) is 1. The van der Waals surface area contributed by atoms with Crippen LogP contribution in [0.25, 0.3) is 10.8 Å². The van der Waals surface area contributed by atoms with Crippen LogP contribution >= 0.6 is 11.6 Å². The van der Waals surface area contributed by atoms with Gasteiger partial charge in [0.2, 0.25) is 0 Å². The number of rotatable bonds is 1. The van der Waals surface area contributed by atoms with Crippen LogP contribution in [0.3, 0.4) is 0 Å². The summed E-state index contributed by atoms with van der Waals surface area (Å²) in [4.78, 5) is 0. The van der Waals surface area contributed by atoms with E-state index in [1.807, 2.05) is 42.5 Å². The number of ether oxygens (including phenoxy) is 1. The van der Waals surface area contributed by atoms with E-state index >= 15 is 0 Å². The second kappa shape index (κ2) is 4.43. The maximum atomic E-state index is 6.24. The Balaban J connectivity index is 1.82. The molecule has 3 aromatic carbocycles. The van der Waals surface area contributed by atoms with Crippen molar-refractivity contribution < 1.29 is 4.74 Å². The number of halogens is 1. The van der Waals surface area contributed by atoms with Crippen molar-refractivity contribution >= 4 is 28.1 Å². The van der Waals surface area contributed by atoms with Crippen LogP contribution in [0.2, 0.25) is 5.02 Å². The van der Waals surface area contributed by atoms with Gasteiger partial charge in [-0.2, -0.15) is 0 Å². The van der Waals surface area contributed by atoms with E-state index in [-0.39, 0.29) is 6.23 Å². The molecular formula is C17H12ClNO. The van der Waals surface area contributed by atoms with E-state index in [9.17, 15) is 0 Å². The molecule has 0 spiro atoms. The molecule has 1 heterocycles. The lowest BCUT2D eigenvalue weighted by Crippen LogP contribution is -2.09. The molecule has 0 radical (unpaired) electrons. The van der Waals surface area contributed by atoms with Gasteiger partial charge in [0, 0.05) is 21.4 Å². The van der Waals surface area contributed by atoms with Crippen LogP contribution in [-0.2, 0) is 0 Å². The van der Waals surface area contributed by atoms with Crippen molar-refractivity contribution in [1.82, 2.24) is 0 Å². The first-order valence-electron chi connectivity index (χ1n) is 6.52. The minimum Gasteiger partial charge on any atom is -0.464 e. The highest BCUT2D eigenvalue weighted by atomic mass is 35.5. The molecule has 4 rings (SSSR count). The van der Waals surface area contributed by atoms with Crippen LogP contribution in [0.15, 0.2) is 60.7 Å². The molecule has 0 aromatic heterocycles. The summed E-state index contributed by atoms with van der Waals surface area (Å²) in [5, 5.41) is 6.33. The van der Waals surface area contributed by atoms with Gasteiger partial charge in [0.1, 0.15) is 5.75 Å². The van der Waals surface area contributed by atoms with Crippen molar-refractivity contribution in [3.8, 4) is 5.75 Å². The van der Waals surface area contributed by atoms with Crippen molar-refractivity contribution in [3.63, 3.8) is 0 Å². The molecule has 3 heteroatoms. The summed E-state index contributed by atoms with van der Waals surface area (Å²) < 4.78 is 5.99. The first-order chi connectivity index (χ1) is 9.83. The van der Waals surface area contributed by atoms with Gasteiger partial charge in [-0.3, -0.25) is 0 Å². The third kappa shape index (κ3) is 1.73. The molecule has 1 aliphatic rings. The quantitative estimate of drug-likeness (QED) is 0.678. The second-order valence-electron chi connectivity index (χ2n) is 4.83. The van der Waals surface area contributed by atoms with E-state index in [0.717, 1.165) is 32.8 Å². The second-order valence-corrected chi connectivity index (χ2v) is 5.23. The average Bonchev–Trinajstić information content (AvgIpc) is 2.93. The number of fused-ring (bicyclic) bond motifs is 3. The van der Waals surface area contributed by atoms with Crippen molar-refractivity contribution in [1.29, 1.82) is 0 Å². The largest absolute Gasteiger partial charge is 0.464 e. The van der Waals surface area contributed by atoms with Gasteiger partial charge >= 0.3 is 0 Å². The van der Waals surface area contributed by atoms with E-state index in [2.05, 4.69) is 23.5 Å². The Kier molecular flexibility index (Phi) is 2.57. The fourth-order valence-corrected chi connectivity index (χ4v) is 2.85. The number of benzene rings is 3. The minimum absolute atomic E-state index is 0.143. The highest BCUT2D eigenvalue weighted by molar-refractivity contribution is 6.36. The monoisotopic (exact) mass is 281 g/mol. The molecule has 0 aliphatic carbocycles. The summed E-state index contributed by atoms with van der Waals surface area (Å²) in [5.41, 5.74) is 2.12. The Morgan fingerprint density at radius 3 is 2.55 bits per heavy atom. The smallest absolute Gasteiger partial charge is 0.196 e. The number of anilines is 1. The van der Waals surface area contributed by atoms with E-state index in [1.54, 1.807) is 0 Å². The summed E-state index contributed by atoms with van der Waals surface area (Å²) in [7, 11) is 0. The predicted molar refractivity (Wildman–Crippen MR) is 82.4 cm³/mol. The first kappa shape index (κ1) is 11.6. The van der Waals surface area contributed by atoms with Crippen LogP contribution in [0.5, 0.6) is 5.75 Å². The van der Waals surface area contributed by atoms with Gasteiger partial charge in [-0.1, -0.05) is 54.1 Å². The zero-order valence-corrected chi connectivity index (χ0v) is 11.4. The van der Waals surface area contributed by atoms with Gasteiger partial charge in [-0.25, -0.2) is 0 Å². The molecule has 98 valence electrons. The highest BCUT2D eigenvalue weighted by Crippen LogP contribution is 2.43. The maximum absolute atomic E-state index is 6.24. The van der Waals surface area contributed by atoms with E-state index < -0.39 is 0 Å². The van der Waals surface area contributed by atoms with Gasteiger partial charge < -0.3 is 10.1 Å². The molecule has 0 saturated carbocycles. The Morgan fingerprint density at radius 1 is 0.850 bits per heavy atom. The lowest BCUT2D eigenvalue weighted by Gasteiger charge is -2.11. The normalized spacial score (nSPS) is 16.6. The third-order valence-corrected chi connectivity index (χ3v) is 3.92. The highest BCUT2D eigenvalue weighted by Gasteiger charge is 2.25. The Hall–Kier alpha value is -2.19. The van der Waals surface area contributed by atoms with Gasteiger partial charge in [0.25, 0.3) is 0 Å². The molecule has 2 nitrogen and oxygen atoms in total. The molecule has 0 saturated heterocycles. The molecule has 0 amide bonds. The van der Waals surface area contributed by atoms with Crippen LogP contribution in [0, 0.1) is 0 Å². The van der Waals surface area contributed by atoms with E-state index in [0.29, 0.717) is 0 Å². The lowest BCUT2D eigenvalue weighted by molar-refractivity contribution is 0.260. The molecule has 1 unspecified atom stereocenters. The summed E-state index contributed by atoms with van der Waals surface area (Å²) in [5.74, 6) is 0.869. The minimum atomic E-state index is -0.143. The van der Waals surface area contributed by atoms with Crippen molar-refractivity contribution in [2.24, 2.45) is 0 Å². The van der Waals surface area contributed by atoms with Crippen LogP contribution in [-0.4, -0.2) is 0 Å². The Bertz CT molecular complexity index is 786. The zero-order valence-electron chi connectivity index (χ0n) is 10.6. The maximum Gasteiger partial charge on any atom is 0.196 e. The fraction of sp³-hybridized carbons (Fsp3) is 0.0588. The van der Waals surface area contributed by atoms with Crippen molar-refractivity contribution in [2.45, 2.75) is 6.23 Å². The molecule has 3 aromatic rings. The molecule has 1 N–H and O–H groups in total. The fourth-order valence-electron chi connectivity index (χ4n) is 2.61. The Morgan fingerprint density at radius 2 is 1.70 bits per heavy atom. The molecule has 1 atom stereocenters. The van der Waals surface area contributed by atoms with Gasteiger partial charge in [0.15, 0.2) is 6.23 Å². The predicted octanol–water partition coefficient (Wildman–Crippen LogP) is 5.00.